The summed E-state index contributed by atoms with van der Waals surface area (Å²) in [6.45, 7) is 4.11. The van der Waals surface area contributed by atoms with Crippen molar-refractivity contribution < 1.29 is 9.50 Å². The fraction of sp³-hybridized carbons (Fsp3) is 0.385. The van der Waals surface area contributed by atoms with Crippen LogP contribution in [0.1, 0.15) is 36.5 Å². The number of fused-ring (bicyclic) bond motifs is 1. The summed E-state index contributed by atoms with van der Waals surface area (Å²) in [4.78, 5) is 0. The summed E-state index contributed by atoms with van der Waals surface area (Å²) in [5, 5.41) is 9.56. The predicted octanol–water partition coefficient (Wildman–Crippen LogP) is 3.42. The Labute approximate surface area is 89.3 Å². The molecule has 0 radical (unpaired) electrons. The van der Waals surface area contributed by atoms with E-state index in [1.54, 1.807) is 24.3 Å². The Hall–Kier alpha value is -1.31. The molecule has 1 nitrogen and oxygen atoms in total. The van der Waals surface area contributed by atoms with Gasteiger partial charge in [-0.15, -0.1) is 0 Å². The highest BCUT2D eigenvalue weighted by atomic mass is 19.1. The Morgan fingerprint density at radius 2 is 2.13 bits per heavy atom. The highest BCUT2D eigenvalue weighted by Crippen LogP contribution is 2.32. The number of rotatable bonds is 1. The highest BCUT2D eigenvalue weighted by molar-refractivity contribution is 5.62. The molecule has 0 aromatic heterocycles. The summed E-state index contributed by atoms with van der Waals surface area (Å²) in [7, 11) is 0. The van der Waals surface area contributed by atoms with Gasteiger partial charge < -0.3 is 5.11 Å². The summed E-state index contributed by atoms with van der Waals surface area (Å²) in [6, 6.07) is 3.44. The molecule has 0 spiro atoms. The van der Waals surface area contributed by atoms with Crippen LogP contribution in [0.15, 0.2) is 18.2 Å². The van der Waals surface area contributed by atoms with Crippen molar-refractivity contribution in [3.63, 3.8) is 0 Å². The number of halogens is 1. The smallest absolute Gasteiger partial charge is 0.123 e. The molecule has 1 aromatic carbocycles. The minimum Gasteiger partial charge on any atom is -0.508 e. The first-order valence-electron chi connectivity index (χ1n) is 5.26. The Balaban J connectivity index is 2.57. The van der Waals surface area contributed by atoms with E-state index in [9.17, 15) is 9.50 Å². The van der Waals surface area contributed by atoms with E-state index in [0.717, 1.165) is 16.7 Å². The molecule has 80 valence electrons. The van der Waals surface area contributed by atoms with Gasteiger partial charge in [0.1, 0.15) is 11.9 Å². The molecule has 1 aliphatic carbocycles. The molecule has 1 unspecified atom stereocenters. The van der Waals surface area contributed by atoms with Gasteiger partial charge in [-0.2, -0.15) is 0 Å². The van der Waals surface area contributed by atoms with E-state index in [1.165, 1.54) is 0 Å². The molecule has 2 heteroatoms. The van der Waals surface area contributed by atoms with Crippen LogP contribution in [0.25, 0.3) is 6.08 Å². The van der Waals surface area contributed by atoms with Gasteiger partial charge in [-0.05, 0) is 40.8 Å². The minimum absolute atomic E-state index is 0.263. The molecule has 1 atom stereocenters. The molecule has 1 N–H and O–H groups in total. The van der Waals surface area contributed by atoms with E-state index in [4.69, 9.17) is 0 Å². The van der Waals surface area contributed by atoms with Crippen molar-refractivity contribution in [1.29, 1.82) is 0 Å². The number of phenols is 1. The minimum atomic E-state index is -0.889. The first-order valence-corrected chi connectivity index (χ1v) is 5.26. The maximum absolute atomic E-state index is 13.3. The third-order valence-corrected chi connectivity index (χ3v) is 2.81. The van der Waals surface area contributed by atoms with Crippen molar-refractivity contribution in [2.24, 2.45) is 0 Å². The normalized spacial score (nSPS) is 19.3. The summed E-state index contributed by atoms with van der Waals surface area (Å²) >= 11 is 0. The Morgan fingerprint density at radius 1 is 1.40 bits per heavy atom. The molecule has 1 aromatic rings. The Kier molecular flexibility index (Phi) is 2.51. The van der Waals surface area contributed by atoms with Gasteiger partial charge in [-0.3, -0.25) is 0 Å². The number of alkyl halides is 1. The van der Waals surface area contributed by atoms with Crippen LogP contribution in [0, 0.1) is 0 Å². The summed E-state index contributed by atoms with van der Waals surface area (Å²) in [6.07, 6.45) is 2.85. The standard InChI is InChI=1S/C13H15FO/c1-8(2)12-7-11(15)5-9-3-4-10(14)6-13(9)12/h3-5,7-8,10,15H,6H2,1-2H3. The van der Waals surface area contributed by atoms with Crippen LogP contribution in [0.5, 0.6) is 5.75 Å². The fourth-order valence-electron chi connectivity index (χ4n) is 2.07. The van der Waals surface area contributed by atoms with Crippen LogP contribution in [0.2, 0.25) is 0 Å². The number of phenolic OH excluding ortho intramolecular Hbond substituents is 1. The van der Waals surface area contributed by atoms with Crippen LogP contribution >= 0.6 is 0 Å². The van der Waals surface area contributed by atoms with Gasteiger partial charge in [0.2, 0.25) is 0 Å². The molecular weight excluding hydrogens is 191 g/mol. The number of hydrogen-bond donors (Lipinski definition) is 1. The zero-order valence-electron chi connectivity index (χ0n) is 9.00. The third-order valence-electron chi connectivity index (χ3n) is 2.81. The van der Waals surface area contributed by atoms with Crippen LogP contribution in [0.3, 0.4) is 0 Å². The van der Waals surface area contributed by atoms with Crippen molar-refractivity contribution >= 4 is 6.08 Å². The predicted molar refractivity (Wildman–Crippen MR) is 59.8 cm³/mol. The first kappa shape index (κ1) is 10.2. The zero-order chi connectivity index (χ0) is 11.0. The summed E-state index contributed by atoms with van der Waals surface area (Å²) < 4.78 is 13.3. The maximum atomic E-state index is 13.3. The lowest BCUT2D eigenvalue weighted by Gasteiger charge is -2.20. The lowest BCUT2D eigenvalue weighted by atomic mass is 9.87. The first-order chi connectivity index (χ1) is 7.08. The third kappa shape index (κ3) is 1.89. The largest absolute Gasteiger partial charge is 0.508 e. The van der Waals surface area contributed by atoms with Gasteiger partial charge in [0, 0.05) is 6.42 Å². The van der Waals surface area contributed by atoms with E-state index >= 15 is 0 Å². The average Bonchev–Trinajstić information content (AvgIpc) is 2.17. The van der Waals surface area contributed by atoms with Gasteiger partial charge in [-0.1, -0.05) is 19.9 Å². The summed E-state index contributed by atoms with van der Waals surface area (Å²) in [5.41, 5.74) is 3.04. The second kappa shape index (κ2) is 3.69. The molecule has 2 rings (SSSR count). The average molecular weight is 206 g/mol. The molecule has 0 saturated heterocycles. The highest BCUT2D eigenvalue weighted by Gasteiger charge is 2.18. The molecule has 0 amide bonds. The van der Waals surface area contributed by atoms with Gasteiger partial charge in [0.05, 0.1) is 0 Å². The van der Waals surface area contributed by atoms with E-state index in [-0.39, 0.29) is 5.75 Å². The van der Waals surface area contributed by atoms with E-state index in [2.05, 4.69) is 13.8 Å². The monoisotopic (exact) mass is 206 g/mol. The molecule has 1 aliphatic rings. The molecule has 0 saturated carbocycles. The molecule has 0 aliphatic heterocycles. The lowest BCUT2D eigenvalue weighted by molar-refractivity contribution is 0.395. The topological polar surface area (TPSA) is 20.2 Å². The molecule has 0 bridgehead atoms. The van der Waals surface area contributed by atoms with Crippen LogP contribution < -0.4 is 0 Å². The van der Waals surface area contributed by atoms with Crippen molar-refractivity contribution in [2.75, 3.05) is 0 Å². The van der Waals surface area contributed by atoms with Crippen LogP contribution in [0.4, 0.5) is 4.39 Å². The molecule has 0 heterocycles. The Morgan fingerprint density at radius 3 is 2.80 bits per heavy atom. The van der Waals surface area contributed by atoms with Crippen molar-refractivity contribution in [1.82, 2.24) is 0 Å². The van der Waals surface area contributed by atoms with E-state index in [1.807, 2.05) is 0 Å². The second-order valence-corrected chi connectivity index (χ2v) is 4.34. The molecular formula is C13H15FO. The second-order valence-electron chi connectivity index (χ2n) is 4.34. The van der Waals surface area contributed by atoms with Crippen molar-refractivity contribution in [3.05, 3.63) is 34.9 Å². The number of aromatic hydroxyl groups is 1. The molecule has 15 heavy (non-hydrogen) atoms. The van der Waals surface area contributed by atoms with Gasteiger partial charge in [-0.25, -0.2) is 4.39 Å². The molecule has 0 fully saturated rings. The van der Waals surface area contributed by atoms with E-state index in [0.29, 0.717) is 12.3 Å². The van der Waals surface area contributed by atoms with Crippen LogP contribution in [-0.4, -0.2) is 11.3 Å². The zero-order valence-corrected chi connectivity index (χ0v) is 9.00. The van der Waals surface area contributed by atoms with Gasteiger partial charge in [0.25, 0.3) is 0 Å². The van der Waals surface area contributed by atoms with Crippen molar-refractivity contribution in [2.45, 2.75) is 32.4 Å². The lowest BCUT2D eigenvalue weighted by Crippen LogP contribution is -2.10. The quantitative estimate of drug-likeness (QED) is 0.746. The summed E-state index contributed by atoms with van der Waals surface area (Å²) in [5.74, 6) is 0.573. The Bertz CT molecular complexity index is 407. The van der Waals surface area contributed by atoms with Gasteiger partial charge in [0.15, 0.2) is 0 Å². The number of hydrogen-bond acceptors (Lipinski definition) is 1. The number of allylic oxidation sites excluding steroid dienone is 1. The number of benzene rings is 1. The maximum Gasteiger partial charge on any atom is 0.123 e. The fourth-order valence-corrected chi connectivity index (χ4v) is 2.07. The van der Waals surface area contributed by atoms with Gasteiger partial charge >= 0.3 is 0 Å². The van der Waals surface area contributed by atoms with Crippen LogP contribution in [-0.2, 0) is 6.42 Å². The van der Waals surface area contributed by atoms with Crippen molar-refractivity contribution in [3.8, 4) is 5.75 Å². The van der Waals surface area contributed by atoms with E-state index < -0.39 is 6.17 Å². The SMILES string of the molecule is CC(C)c1cc(O)cc2c1CC(F)C=C2.